The summed E-state index contributed by atoms with van der Waals surface area (Å²) in [5.41, 5.74) is 9.21. The highest BCUT2D eigenvalue weighted by Crippen LogP contribution is 2.55. The quantitative estimate of drug-likeness (QED) is 0.226. The van der Waals surface area contributed by atoms with Gasteiger partial charge in [0, 0.05) is 28.9 Å². The van der Waals surface area contributed by atoms with Crippen LogP contribution < -0.4 is 4.74 Å². The molecule has 3 aliphatic carbocycles. The van der Waals surface area contributed by atoms with Crippen molar-refractivity contribution in [2.75, 3.05) is 0 Å². The summed E-state index contributed by atoms with van der Waals surface area (Å²) in [5, 5.41) is 21.4. The Morgan fingerprint density at radius 2 is 1.22 bits per heavy atom. The molecule has 2 N–H and O–H groups in total. The van der Waals surface area contributed by atoms with Crippen molar-refractivity contribution in [2.45, 2.75) is 156 Å². The van der Waals surface area contributed by atoms with Gasteiger partial charge in [0.05, 0.1) is 0 Å². The van der Waals surface area contributed by atoms with Gasteiger partial charge in [0.1, 0.15) is 22.8 Å². The van der Waals surface area contributed by atoms with Crippen LogP contribution in [0.5, 0.6) is 17.2 Å². The maximum atomic E-state index is 10.8. The number of aryl methyl sites for hydroxylation is 2. The summed E-state index contributed by atoms with van der Waals surface area (Å²) in [6, 6.07) is 8.56. The van der Waals surface area contributed by atoms with E-state index in [0.717, 1.165) is 43.4 Å². The molecule has 0 spiro atoms. The third-order valence-electron chi connectivity index (χ3n) is 11.7. The van der Waals surface area contributed by atoms with Crippen LogP contribution in [0.25, 0.3) is 0 Å². The second kappa shape index (κ2) is 14.2. The number of phenols is 2. The van der Waals surface area contributed by atoms with Crippen molar-refractivity contribution in [3.05, 3.63) is 75.4 Å². The summed E-state index contributed by atoms with van der Waals surface area (Å²) in [5.74, 6) is 3.66. The van der Waals surface area contributed by atoms with Gasteiger partial charge in [0.2, 0.25) is 0 Å². The number of phenolic OH excluding ortho intramolecular Hbond substituents is 2. The van der Waals surface area contributed by atoms with E-state index in [2.05, 4.69) is 79.7 Å². The number of rotatable bonds is 8. The highest BCUT2D eigenvalue weighted by Gasteiger charge is 2.45. The zero-order valence-electron chi connectivity index (χ0n) is 30.3. The van der Waals surface area contributed by atoms with E-state index in [4.69, 9.17) is 4.74 Å². The molecule has 0 amide bonds. The summed E-state index contributed by atoms with van der Waals surface area (Å²) >= 11 is 0. The second-order valence-corrected chi connectivity index (χ2v) is 16.4. The summed E-state index contributed by atoms with van der Waals surface area (Å²) in [6.45, 7) is 18.1. The Morgan fingerprint density at radius 3 is 1.80 bits per heavy atom. The van der Waals surface area contributed by atoms with Gasteiger partial charge in [-0.1, -0.05) is 82.7 Å². The summed E-state index contributed by atoms with van der Waals surface area (Å²) in [6.07, 6.45) is 20.1. The van der Waals surface area contributed by atoms with Crippen molar-refractivity contribution in [3.8, 4) is 17.2 Å². The average molecular weight is 627 g/mol. The fraction of sp³-hybridized carbons (Fsp3) is 0.628. The minimum absolute atomic E-state index is 0.177. The van der Waals surface area contributed by atoms with Gasteiger partial charge in [-0.2, -0.15) is 0 Å². The van der Waals surface area contributed by atoms with Crippen LogP contribution >= 0.6 is 0 Å². The van der Waals surface area contributed by atoms with Gasteiger partial charge >= 0.3 is 0 Å². The molecule has 1 aliphatic heterocycles. The molecule has 3 heteroatoms. The second-order valence-electron chi connectivity index (χ2n) is 16.4. The van der Waals surface area contributed by atoms with Crippen molar-refractivity contribution < 1.29 is 14.9 Å². The first-order valence-electron chi connectivity index (χ1n) is 18.6. The minimum Gasteiger partial charge on any atom is -0.508 e. The van der Waals surface area contributed by atoms with Crippen LogP contribution in [0.1, 0.15) is 159 Å². The van der Waals surface area contributed by atoms with Crippen molar-refractivity contribution in [3.63, 3.8) is 0 Å². The number of allylic oxidation sites excluding steroid dienone is 4. The van der Waals surface area contributed by atoms with E-state index < -0.39 is 0 Å². The molecule has 0 unspecified atom stereocenters. The van der Waals surface area contributed by atoms with Crippen LogP contribution in [0.15, 0.2) is 47.6 Å². The van der Waals surface area contributed by atoms with Crippen molar-refractivity contribution in [2.24, 2.45) is 17.3 Å². The zero-order chi connectivity index (χ0) is 33.2. The molecule has 0 radical (unpaired) electrons. The van der Waals surface area contributed by atoms with Gasteiger partial charge in [-0.25, -0.2) is 0 Å². The first kappa shape index (κ1) is 34.6. The van der Waals surface area contributed by atoms with Crippen LogP contribution in [-0.4, -0.2) is 15.8 Å². The van der Waals surface area contributed by atoms with Gasteiger partial charge in [0.25, 0.3) is 0 Å². The third-order valence-corrected chi connectivity index (χ3v) is 11.7. The topological polar surface area (TPSA) is 49.7 Å². The largest absolute Gasteiger partial charge is 0.508 e. The van der Waals surface area contributed by atoms with Crippen molar-refractivity contribution >= 4 is 0 Å². The van der Waals surface area contributed by atoms with Crippen LogP contribution in [0, 0.1) is 17.3 Å². The number of unbranched alkanes of at least 4 members (excludes halogenated alkanes) is 4. The van der Waals surface area contributed by atoms with Gasteiger partial charge in [-0.05, 0) is 132 Å². The Bertz CT molecular complexity index is 1330. The van der Waals surface area contributed by atoms with Gasteiger partial charge in [-0.3, -0.25) is 0 Å². The first-order chi connectivity index (χ1) is 21.8. The lowest BCUT2D eigenvalue weighted by Gasteiger charge is -2.47. The Hall–Kier alpha value is -2.68. The molecular weight excluding hydrogens is 564 g/mol. The maximum Gasteiger partial charge on any atom is 0.127 e. The lowest BCUT2D eigenvalue weighted by molar-refractivity contribution is 0.0107. The smallest absolute Gasteiger partial charge is 0.127 e. The molecule has 1 heterocycles. The number of hydrogen-bond acceptors (Lipinski definition) is 3. The molecule has 46 heavy (non-hydrogen) atoms. The Kier molecular flexibility index (Phi) is 10.7. The molecule has 2 aromatic carbocycles. The molecule has 252 valence electrons. The van der Waals surface area contributed by atoms with Crippen molar-refractivity contribution in [1.29, 1.82) is 0 Å². The molecule has 4 atom stereocenters. The Morgan fingerprint density at radius 1 is 0.696 bits per heavy atom. The number of aromatic hydroxyl groups is 2. The van der Waals surface area contributed by atoms with E-state index in [1.54, 1.807) is 0 Å². The lowest BCUT2D eigenvalue weighted by Crippen LogP contribution is -2.45. The van der Waals surface area contributed by atoms with E-state index in [1.807, 2.05) is 12.1 Å². The van der Waals surface area contributed by atoms with E-state index in [1.165, 1.54) is 84.8 Å². The third kappa shape index (κ3) is 7.39. The standard InChI is InChI=1S/C22H32O.C21H30O2/c1-5-6-7-8-16-12-17-14-22(3,4)19-10-9-15(2)11-18(19)21(17)20(23)13-16;1-5-6-7-8-15-12-18(22)20-16-11-14(2)9-10-17(16)21(3,4)23-19(20)13-15/h11-13,18-19,23H,5-10,14H2,1-4H3;11-13,16-17,22H,5-10H2,1-4H3/t18-,19-;16-,17-/m11/s1. The summed E-state index contributed by atoms with van der Waals surface area (Å²) in [4.78, 5) is 0. The van der Waals surface area contributed by atoms with E-state index in [-0.39, 0.29) is 11.5 Å². The monoisotopic (exact) mass is 626 g/mol. The van der Waals surface area contributed by atoms with Crippen LogP contribution in [0.2, 0.25) is 0 Å². The Balaban J connectivity index is 0.000000181. The molecular formula is C43H62O3. The van der Waals surface area contributed by atoms with Gasteiger partial charge < -0.3 is 14.9 Å². The normalized spacial score (nSPS) is 25.3. The fourth-order valence-corrected chi connectivity index (χ4v) is 9.17. The first-order valence-corrected chi connectivity index (χ1v) is 18.6. The van der Waals surface area contributed by atoms with Gasteiger partial charge in [0.15, 0.2) is 0 Å². The average Bonchev–Trinajstić information content (AvgIpc) is 2.96. The predicted molar refractivity (Wildman–Crippen MR) is 193 cm³/mol. The maximum absolute atomic E-state index is 10.8. The molecule has 0 saturated heterocycles. The number of benzene rings is 2. The van der Waals surface area contributed by atoms with Crippen LogP contribution in [0.3, 0.4) is 0 Å². The predicted octanol–water partition coefficient (Wildman–Crippen LogP) is 11.9. The van der Waals surface area contributed by atoms with E-state index in [0.29, 0.717) is 34.7 Å². The van der Waals surface area contributed by atoms with Crippen LogP contribution in [-0.2, 0) is 19.3 Å². The van der Waals surface area contributed by atoms with Crippen molar-refractivity contribution in [1.82, 2.24) is 0 Å². The number of fused-ring (bicyclic) bond motifs is 6. The lowest BCUT2D eigenvalue weighted by atomic mass is 9.58. The fourth-order valence-electron chi connectivity index (χ4n) is 9.17. The molecule has 0 fully saturated rings. The molecule has 0 bridgehead atoms. The minimum atomic E-state index is -0.177. The van der Waals surface area contributed by atoms with Crippen LogP contribution in [0.4, 0.5) is 0 Å². The summed E-state index contributed by atoms with van der Waals surface area (Å²) < 4.78 is 6.36. The molecule has 4 aliphatic rings. The molecule has 6 rings (SSSR count). The molecule has 3 nitrogen and oxygen atoms in total. The van der Waals surface area contributed by atoms with Gasteiger partial charge in [-0.15, -0.1) is 0 Å². The molecule has 0 saturated carbocycles. The number of hydrogen-bond donors (Lipinski definition) is 2. The molecule has 2 aromatic rings. The van der Waals surface area contributed by atoms with E-state index >= 15 is 0 Å². The van der Waals surface area contributed by atoms with E-state index in [9.17, 15) is 10.2 Å². The number of ether oxygens (including phenoxy) is 1. The Labute approximate surface area is 280 Å². The molecule has 0 aromatic heterocycles. The zero-order valence-corrected chi connectivity index (χ0v) is 30.3. The highest BCUT2D eigenvalue weighted by atomic mass is 16.5. The highest BCUT2D eigenvalue weighted by molar-refractivity contribution is 5.54. The SMILES string of the molecule is CCCCCc1cc(O)c2c(c1)CC(C)(C)[C@@H]1CCC(C)=C[C@@H]21.CCCCCc1cc(O)c2c(c1)OC(C)(C)[C@@H]1CCC(C)=C[C@@H]21. The summed E-state index contributed by atoms with van der Waals surface area (Å²) in [7, 11) is 0.